The van der Waals surface area contributed by atoms with Gasteiger partial charge in [0.15, 0.2) is 0 Å². The first kappa shape index (κ1) is 12.6. The number of thioether (sulfide) groups is 1. The molecule has 0 saturated heterocycles. The summed E-state index contributed by atoms with van der Waals surface area (Å²) in [5.41, 5.74) is -0.750. The maximum absolute atomic E-state index is 9.91. The zero-order valence-electron chi connectivity index (χ0n) is 8.83. The first-order valence-electron chi connectivity index (χ1n) is 4.61. The minimum absolute atomic E-state index is 0.435. The summed E-state index contributed by atoms with van der Waals surface area (Å²) in [6, 6.07) is 3.54. The van der Waals surface area contributed by atoms with E-state index in [0.717, 1.165) is 0 Å². The van der Waals surface area contributed by atoms with Crippen molar-refractivity contribution >= 4 is 29.2 Å². The Morgan fingerprint density at radius 2 is 2.40 bits per heavy atom. The van der Waals surface area contributed by atoms with Crippen LogP contribution in [0.1, 0.15) is 6.92 Å². The fourth-order valence-electron chi connectivity index (χ4n) is 1.15. The van der Waals surface area contributed by atoms with Crippen molar-refractivity contribution in [3.63, 3.8) is 0 Å². The molecule has 0 radical (unpaired) electrons. The van der Waals surface area contributed by atoms with Crippen molar-refractivity contribution < 1.29 is 5.11 Å². The van der Waals surface area contributed by atoms with Crippen molar-refractivity contribution in [3.8, 4) is 0 Å². The zero-order chi connectivity index (χ0) is 11.3. The summed E-state index contributed by atoms with van der Waals surface area (Å²) in [7, 11) is 0. The molecule has 0 spiro atoms. The van der Waals surface area contributed by atoms with Crippen LogP contribution >= 0.6 is 23.4 Å². The number of anilines is 1. The average Bonchev–Trinajstić information content (AvgIpc) is 2.16. The average molecular weight is 247 g/mol. The van der Waals surface area contributed by atoms with Crippen LogP contribution in [0.5, 0.6) is 0 Å². The van der Waals surface area contributed by atoms with Crippen LogP contribution in [0.2, 0.25) is 5.02 Å². The van der Waals surface area contributed by atoms with Gasteiger partial charge < -0.3 is 10.4 Å². The SMILES string of the molecule is CSCC(C)(O)CNc1ncccc1Cl. The first-order chi connectivity index (χ1) is 7.05. The molecule has 84 valence electrons. The van der Waals surface area contributed by atoms with Crippen molar-refractivity contribution in [2.75, 3.05) is 23.9 Å². The largest absolute Gasteiger partial charge is 0.387 e. The molecule has 0 aromatic carbocycles. The summed E-state index contributed by atoms with van der Waals surface area (Å²) in [5, 5.41) is 13.5. The molecule has 1 aromatic heterocycles. The van der Waals surface area contributed by atoms with Gasteiger partial charge in [-0.2, -0.15) is 11.8 Å². The highest BCUT2D eigenvalue weighted by molar-refractivity contribution is 7.98. The van der Waals surface area contributed by atoms with Gasteiger partial charge in [0.05, 0.1) is 10.6 Å². The highest BCUT2D eigenvalue weighted by atomic mass is 35.5. The Morgan fingerprint density at radius 1 is 1.67 bits per heavy atom. The number of rotatable bonds is 5. The first-order valence-corrected chi connectivity index (χ1v) is 6.38. The lowest BCUT2D eigenvalue weighted by Gasteiger charge is -2.22. The van der Waals surface area contributed by atoms with Crippen LogP contribution in [0, 0.1) is 0 Å². The number of halogens is 1. The predicted molar refractivity (Wildman–Crippen MR) is 66.7 cm³/mol. The minimum atomic E-state index is -0.750. The second-order valence-corrected chi connectivity index (χ2v) is 4.89. The van der Waals surface area contributed by atoms with E-state index in [0.29, 0.717) is 23.1 Å². The highest BCUT2D eigenvalue weighted by Crippen LogP contribution is 2.19. The Morgan fingerprint density at radius 3 is 3.00 bits per heavy atom. The highest BCUT2D eigenvalue weighted by Gasteiger charge is 2.19. The number of hydrogen-bond donors (Lipinski definition) is 2. The van der Waals surface area contributed by atoms with Gasteiger partial charge in [-0.05, 0) is 25.3 Å². The number of aliphatic hydroxyl groups is 1. The molecule has 1 aromatic rings. The van der Waals surface area contributed by atoms with Crippen LogP contribution in [0.4, 0.5) is 5.82 Å². The lowest BCUT2D eigenvalue weighted by molar-refractivity contribution is 0.0996. The topological polar surface area (TPSA) is 45.1 Å². The molecule has 1 atom stereocenters. The third-order valence-corrected chi connectivity index (χ3v) is 3.07. The summed E-state index contributed by atoms with van der Waals surface area (Å²) in [6.07, 6.45) is 3.62. The molecule has 15 heavy (non-hydrogen) atoms. The van der Waals surface area contributed by atoms with E-state index in [1.54, 1.807) is 37.0 Å². The second kappa shape index (κ2) is 5.58. The molecular formula is C10H15ClN2OS. The summed E-state index contributed by atoms with van der Waals surface area (Å²) in [4.78, 5) is 4.08. The summed E-state index contributed by atoms with van der Waals surface area (Å²) in [5.74, 6) is 1.28. The standard InChI is InChI=1S/C10H15ClN2OS/c1-10(14,7-15-2)6-13-9-8(11)4-3-5-12-9/h3-5,14H,6-7H2,1-2H3,(H,12,13). The van der Waals surface area contributed by atoms with Gasteiger partial charge in [0, 0.05) is 18.5 Å². The van der Waals surface area contributed by atoms with Gasteiger partial charge in [0.25, 0.3) is 0 Å². The van der Waals surface area contributed by atoms with E-state index in [2.05, 4.69) is 10.3 Å². The van der Waals surface area contributed by atoms with Crippen LogP contribution in [0.25, 0.3) is 0 Å². The van der Waals surface area contributed by atoms with Gasteiger partial charge in [-0.3, -0.25) is 0 Å². The van der Waals surface area contributed by atoms with E-state index >= 15 is 0 Å². The Kier molecular flexibility index (Phi) is 4.70. The maximum Gasteiger partial charge on any atom is 0.144 e. The van der Waals surface area contributed by atoms with Crippen LogP contribution in [-0.4, -0.2) is 34.2 Å². The Balaban J connectivity index is 2.53. The molecule has 1 rings (SSSR count). The van der Waals surface area contributed by atoms with Gasteiger partial charge in [0.2, 0.25) is 0 Å². The van der Waals surface area contributed by atoms with Crippen molar-refractivity contribution in [2.24, 2.45) is 0 Å². The normalized spacial score (nSPS) is 14.7. The van der Waals surface area contributed by atoms with Crippen molar-refractivity contribution in [3.05, 3.63) is 23.4 Å². The smallest absolute Gasteiger partial charge is 0.144 e. The molecule has 5 heteroatoms. The molecule has 3 nitrogen and oxygen atoms in total. The molecule has 0 amide bonds. The number of pyridine rings is 1. The van der Waals surface area contributed by atoms with Crippen LogP contribution < -0.4 is 5.32 Å². The molecule has 0 aliphatic carbocycles. The summed E-state index contributed by atoms with van der Waals surface area (Å²) < 4.78 is 0. The Bertz CT molecular complexity index is 320. The lowest BCUT2D eigenvalue weighted by Crippen LogP contribution is -2.36. The molecule has 0 aliphatic rings. The van der Waals surface area contributed by atoms with Gasteiger partial charge in [-0.1, -0.05) is 11.6 Å². The van der Waals surface area contributed by atoms with Gasteiger partial charge in [0.1, 0.15) is 5.82 Å². The van der Waals surface area contributed by atoms with E-state index in [-0.39, 0.29) is 0 Å². The monoisotopic (exact) mass is 246 g/mol. The predicted octanol–water partition coefficient (Wildman–Crippen LogP) is 2.26. The maximum atomic E-state index is 9.91. The van der Waals surface area contributed by atoms with E-state index in [1.807, 2.05) is 6.26 Å². The van der Waals surface area contributed by atoms with Crippen LogP contribution in [-0.2, 0) is 0 Å². The zero-order valence-corrected chi connectivity index (χ0v) is 10.4. The van der Waals surface area contributed by atoms with Gasteiger partial charge in [-0.15, -0.1) is 0 Å². The van der Waals surface area contributed by atoms with E-state index < -0.39 is 5.60 Å². The lowest BCUT2D eigenvalue weighted by atomic mass is 10.1. The van der Waals surface area contributed by atoms with Crippen molar-refractivity contribution in [1.82, 2.24) is 4.98 Å². The fraction of sp³-hybridized carbons (Fsp3) is 0.500. The molecule has 1 unspecified atom stereocenters. The van der Waals surface area contributed by atoms with Crippen LogP contribution in [0.15, 0.2) is 18.3 Å². The van der Waals surface area contributed by atoms with E-state index in [1.165, 1.54) is 0 Å². The molecule has 2 N–H and O–H groups in total. The third kappa shape index (κ3) is 4.28. The van der Waals surface area contributed by atoms with E-state index in [9.17, 15) is 5.11 Å². The van der Waals surface area contributed by atoms with E-state index in [4.69, 9.17) is 11.6 Å². The Labute approximate surface area is 99.2 Å². The fourth-order valence-corrected chi connectivity index (χ4v) is 2.06. The Hall–Kier alpha value is -0.450. The summed E-state index contributed by atoms with van der Waals surface area (Å²) >= 11 is 7.52. The molecule has 0 saturated carbocycles. The molecular weight excluding hydrogens is 232 g/mol. The number of hydrogen-bond acceptors (Lipinski definition) is 4. The number of nitrogens with zero attached hydrogens (tertiary/aromatic N) is 1. The molecule has 0 fully saturated rings. The van der Waals surface area contributed by atoms with Crippen LogP contribution in [0.3, 0.4) is 0 Å². The molecule has 1 heterocycles. The quantitative estimate of drug-likeness (QED) is 0.837. The molecule has 0 bridgehead atoms. The summed E-state index contributed by atoms with van der Waals surface area (Å²) in [6.45, 7) is 2.22. The van der Waals surface area contributed by atoms with Crippen molar-refractivity contribution in [1.29, 1.82) is 0 Å². The molecule has 0 aliphatic heterocycles. The van der Waals surface area contributed by atoms with Gasteiger partial charge >= 0.3 is 0 Å². The number of nitrogens with one attached hydrogen (secondary N) is 1. The van der Waals surface area contributed by atoms with Gasteiger partial charge in [-0.25, -0.2) is 4.98 Å². The number of aromatic nitrogens is 1. The third-order valence-electron chi connectivity index (χ3n) is 1.85. The minimum Gasteiger partial charge on any atom is -0.387 e. The van der Waals surface area contributed by atoms with Crippen molar-refractivity contribution in [2.45, 2.75) is 12.5 Å². The second-order valence-electron chi connectivity index (χ2n) is 3.62.